The van der Waals surface area contributed by atoms with Crippen LogP contribution in [0, 0.1) is 6.92 Å². The fraction of sp³-hybridized carbons (Fsp3) is 0.421. The van der Waals surface area contributed by atoms with Gasteiger partial charge in [-0.2, -0.15) is 0 Å². The summed E-state index contributed by atoms with van der Waals surface area (Å²) in [5, 5.41) is 10.9. The van der Waals surface area contributed by atoms with Crippen molar-refractivity contribution in [2.75, 3.05) is 26.8 Å². The monoisotopic (exact) mass is 357 g/mol. The molecule has 7 nitrogen and oxygen atoms in total. The minimum atomic E-state index is -1.08. The summed E-state index contributed by atoms with van der Waals surface area (Å²) in [6.45, 7) is 2.94. The number of amides is 1. The van der Waals surface area contributed by atoms with Crippen LogP contribution in [0.15, 0.2) is 36.7 Å². The van der Waals surface area contributed by atoms with E-state index in [1.54, 1.807) is 4.90 Å². The molecular formula is C19H23N3O4. The molecule has 1 aromatic carbocycles. The number of carbonyl (C=O) groups excluding carboxylic acids is 1. The molecule has 1 aliphatic rings. The lowest BCUT2D eigenvalue weighted by atomic mass is 9.93. The first-order valence-corrected chi connectivity index (χ1v) is 8.56. The normalized spacial score (nSPS) is 19.9. The van der Waals surface area contributed by atoms with Gasteiger partial charge in [0.2, 0.25) is 0 Å². The van der Waals surface area contributed by atoms with Gasteiger partial charge in [0.1, 0.15) is 18.0 Å². The van der Waals surface area contributed by atoms with E-state index in [0.717, 1.165) is 5.56 Å². The molecule has 1 fully saturated rings. The molecule has 0 bridgehead atoms. The quantitative estimate of drug-likeness (QED) is 0.879. The molecule has 7 heteroatoms. The molecule has 1 aliphatic heterocycles. The lowest BCUT2D eigenvalue weighted by Gasteiger charge is -2.38. The minimum absolute atomic E-state index is 0.138. The van der Waals surface area contributed by atoms with Gasteiger partial charge in [-0.15, -0.1) is 0 Å². The van der Waals surface area contributed by atoms with Crippen LogP contribution in [0.3, 0.4) is 0 Å². The molecule has 2 aromatic rings. The van der Waals surface area contributed by atoms with Crippen LogP contribution in [0.1, 0.15) is 28.8 Å². The van der Waals surface area contributed by atoms with Gasteiger partial charge in [-0.05, 0) is 31.9 Å². The molecule has 0 saturated carbocycles. The van der Waals surface area contributed by atoms with E-state index in [1.165, 1.54) is 19.5 Å². The number of rotatable bonds is 5. The second kappa shape index (κ2) is 7.70. The van der Waals surface area contributed by atoms with Crippen molar-refractivity contribution in [3.8, 4) is 11.8 Å². The van der Waals surface area contributed by atoms with Gasteiger partial charge in [0.05, 0.1) is 19.2 Å². The third-order valence-corrected chi connectivity index (χ3v) is 4.43. The Kier molecular flexibility index (Phi) is 5.37. The van der Waals surface area contributed by atoms with Gasteiger partial charge in [-0.3, -0.25) is 4.79 Å². The van der Waals surface area contributed by atoms with Gasteiger partial charge in [-0.1, -0.05) is 17.7 Å². The molecule has 1 saturated heterocycles. The number of benzene rings is 1. The number of aryl methyl sites for hydroxylation is 1. The average molecular weight is 357 g/mol. The van der Waals surface area contributed by atoms with Crippen LogP contribution in [0.5, 0.6) is 11.8 Å². The molecule has 1 amide bonds. The van der Waals surface area contributed by atoms with E-state index in [1.807, 2.05) is 31.2 Å². The van der Waals surface area contributed by atoms with Crippen molar-refractivity contribution in [3.05, 3.63) is 47.8 Å². The number of β-amino-alcohol motifs (C(OH)–C–C–N with tert-alkyl or cyclic N) is 1. The second-order valence-electron chi connectivity index (χ2n) is 6.61. The number of aliphatic hydroxyl groups is 1. The lowest BCUT2D eigenvalue weighted by Crippen LogP contribution is -2.53. The van der Waals surface area contributed by atoms with E-state index >= 15 is 0 Å². The Morgan fingerprint density at radius 1 is 1.27 bits per heavy atom. The lowest BCUT2D eigenvalue weighted by molar-refractivity contribution is -0.0532. The summed E-state index contributed by atoms with van der Waals surface area (Å²) in [4.78, 5) is 22.2. The van der Waals surface area contributed by atoms with Crippen LogP contribution < -0.4 is 9.47 Å². The van der Waals surface area contributed by atoms with Crippen LogP contribution in [0.2, 0.25) is 0 Å². The second-order valence-corrected chi connectivity index (χ2v) is 6.61. The fourth-order valence-corrected chi connectivity index (χ4v) is 2.97. The molecule has 0 spiro atoms. The molecule has 1 atom stereocenters. The summed E-state index contributed by atoms with van der Waals surface area (Å²) in [6, 6.07) is 7.88. The number of methoxy groups -OCH3 is 1. The first-order valence-electron chi connectivity index (χ1n) is 8.56. The highest BCUT2D eigenvalue weighted by Gasteiger charge is 2.36. The highest BCUT2D eigenvalue weighted by molar-refractivity contribution is 5.93. The van der Waals surface area contributed by atoms with E-state index in [0.29, 0.717) is 30.7 Å². The molecule has 1 aromatic heterocycles. The molecule has 0 radical (unpaired) electrons. The zero-order valence-electron chi connectivity index (χ0n) is 15.0. The predicted molar refractivity (Wildman–Crippen MR) is 95.3 cm³/mol. The highest BCUT2D eigenvalue weighted by Crippen LogP contribution is 2.24. The van der Waals surface area contributed by atoms with Crippen LogP contribution >= 0.6 is 0 Å². The third kappa shape index (κ3) is 4.29. The standard InChI is InChI=1S/C19H23N3O4/c1-14-4-6-16(7-5-14)26-13-19(24)8-3-9-22(12-19)17(23)15-10-20-18(25-2)21-11-15/h4-7,10-11,24H,3,8-9,12-13H2,1-2H3/t19-/m0/s1. The van der Waals surface area contributed by atoms with E-state index in [9.17, 15) is 9.90 Å². The van der Waals surface area contributed by atoms with Gasteiger partial charge in [-0.25, -0.2) is 9.97 Å². The summed E-state index contributed by atoms with van der Waals surface area (Å²) >= 11 is 0. The Balaban J connectivity index is 1.63. The predicted octanol–water partition coefficient (Wildman–Crippen LogP) is 1.84. The fourth-order valence-electron chi connectivity index (χ4n) is 2.97. The number of nitrogens with zero attached hydrogens (tertiary/aromatic N) is 3. The molecule has 138 valence electrons. The Labute approximate surface area is 152 Å². The van der Waals surface area contributed by atoms with Gasteiger partial charge in [0, 0.05) is 18.9 Å². The number of aromatic nitrogens is 2. The number of piperidine rings is 1. The third-order valence-electron chi connectivity index (χ3n) is 4.43. The minimum Gasteiger partial charge on any atom is -0.491 e. The zero-order chi connectivity index (χ0) is 18.6. The summed E-state index contributed by atoms with van der Waals surface area (Å²) in [5.74, 6) is 0.497. The molecule has 3 rings (SSSR count). The van der Waals surface area contributed by atoms with Gasteiger partial charge in [0.25, 0.3) is 5.91 Å². The average Bonchev–Trinajstić information content (AvgIpc) is 2.67. The molecule has 2 heterocycles. The smallest absolute Gasteiger partial charge is 0.316 e. The molecule has 26 heavy (non-hydrogen) atoms. The van der Waals surface area contributed by atoms with Crippen LogP contribution in [0.25, 0.3) is 0 Å². The number of carbonyl (C=O) groups is 1. The van der Waals surface area contributed by atoms with Crippen molar-refractivity contribution in [2.24, 2.45) is 0 Å². The Morgan fingerprint density at radius 2 is 1.96 bits per heavy atom. The number of hydrogen-bond donors (Lipinski definition) is 1. The maximum atomic E-state index is 12.7. The van der Waals surface area contributed by atoms with E-state index in [2.05, 4.69) is 9.97 Å². The Morgan fingerprint density at radius 3 is 2.62 bits per heavy atom. The van der Waals surface area contributed by atoms with Crippen molar-refractivity contribution in [2.45, 2.75) is 25.4 Å². The SMILES string of the molecule is COc1ncc(C(=O)N2CCC[C@@](O)(COc3ccc(C)cc3)C2)cn1. The summed E-state index contributed by atoms with van der Waals surface area (Å²) in [5.41, 5.74) is 0.438. The maximum absolute atomic E-state index is 12.7. The maximum Gasteiger partial charge on any atom is 0.316 e. The largest absolute Gasteiger partial charge is 0.491 e. The van der Waals surface area contributed by atoms with Crippen molar-refractivity contribution in [3.63, 3.8) is 0 Å². The number of likely N-dealkylation sites (tertiary alicyclic amines) is 1. The summed E-state index contributed by atoms with van der Waals surface area (Å²) < 4.78 is 10.6. The zero-order valence-corrected chi connectivity index (χ0v) is 15.0. The van der Waals surface area contributed by atoms with Gasteiger partial charge in [0.15, 0.2) is 0 Å². The number of hydrogen-bond acceptors (Lipinski definition) is 6. The van der Waals surface area contributed by atoms with Crippen molar-refractivity contribution in [1.29, 1.82) is 0 Å². The summed E-state index contributed by atoms with van der Waals surface area (Å²) in [7, 11) is 1.47. The topological polar surface area (TPSA) is 84.8 Å². The number of ether oxygens (including phenoxy) is 2. The Bertz CT molecular complexity index is 748. The van der Waals surface area contributed by atoms with Crippen LogP contribution in [-0.2, 0) is 0 Å². The summed E-state index contributed by atoms with van der Waals surface area (Å²) in [6.07, 6.45) is 4.16. The van der Waals surface area contributed by atoms with E-state index < -0.39 is 5.60 Å². The molecule has 0 unspecified atom stereocenters. The van der Waals surface area contributed by atoms with Crippen LogP contribution in [0.4, 0.5) is 0 Å². The van der Waals surface area contributed by atoms with Gasteiger partial charge >= 0.3 is 6.01 Å². The van der Waals surface area contributed by atoms with E-state index in [4.69, 9.17) is 9.47 Å². The molecule has 0 aliphatic carbocycles. The van der Waals surface area contributed by atoms with Crippen molar-refractivity contribution in [1.82, 2.24) is 14.9 Å². The van der Waals surface area contributed by atoms with Crippen molar-refractivity contribution >= 4 is 5.91 Å². The first-order chi connectivity index (χ1) is 12.5. The molecule has 1 N–H and O–H groups in total. The van der Waals surface area contributed by atoms with Crippen molar-refractivity contribution < 1.29 is 19.4 Å². The van der Waals surface area contributed by atoms with Crippen LogP contribution in [-0.4, -0.2) is 58.3 Å². The Hall–Kier alpha value is -2.67. The van der Waals surface area contributed by atoms with Gasteiger partial charge < -0.3 is 19.5 Å². The highest BCUT2D eigenvalue weighted by atomic mass is 16.5. The first kappa shape index (κ1) is 18.1. The molecular weight excluding hydrogens is 334 g/mol. The van der Waals surface area contributed by atoms with E-state index in [-0.39, 0.29) is 25.1 Å².